The van der Waals surface area contributed by atoms with Crippen molar-refractivity contribution in [2.24, 2.45) is 5.73 Å². The number of benzene rings is 1. The fourth-order valence-electron chi connectivity index (χ4n) is 1.73. The van der Waals surface area contributed by atoms with E-state index in [2.05, 4.69) is 0 Å². The van der Waals surface area contributed by atoms with Gasteiger partial charge in [0.05, 0.1) is 6.54 Å². The predicted molar refractivity (Wildman–Crippen MR) is 63.0 cm³/mol. The van der Waals surface area contributed by atoms with E-state index in [1.54, 1.807) is 13.0 Å². The topological polar surface area (TPSA) is 29.3 Å². The van der Waals surface area contributed by atoms with Crippen molar-refractivity contribution in [3.8, 4) is 0 Å². The number of alkyl halides is 2. The van der Waals surface area contributed by atoms with Gasteiger partial charge < -0.3 is 10.6 Å². The summed E-state index contributed by atoms with van der Waals surface area (Å²) in [4.78, 5) is 1.35. The van der Waals surface area contributed by atoms with Crippen LogP contribution in [0.15, 0.2) is 18.2 Å². The molecule has 0 aliphatic carbocycles. The molecule has 17 heavy (non-hydrogen) atoms. The lowest BCUT2D eigenvalue weighted by molar-refractivity contribution is 0.156. The lowest BCUT2D eigenvalue weighted by Crippen LogP contribution is -2.27. The second kappa shape index (κ2) is 5.91. The molecule has 1 atom stereocenters. The Balaban J connectivity index is 3.01. The average Bonchev–Trinajstić information content (AvgIpc) is 2.19. The van der Waals surface area contributed by atoms with Gasteiger partial charge in [0.2, 0.25) is 0 Å². The molecule has 0 bridgehead atoms. The fraction of sp³-hybridized carbons (Fsp3) is 0.500. The molecule has 1 unspecified atom stereocenters. The van der Waals surface area contributed by atoms with Crippen molar-refractivity contribution in [1.29, 1.82) is 0 Å². The van der Waals surface area contributed by atoms with Crippen molar-refractivity contribution < 1.29 is 13.2 Å². The van der Waals surface area contributed by atoms with Gasteiger partial charge in [-0.25, -0.2) is 13.2 Å². The maximum atomic E-state index is 13.6. The second-order valence-electron chi connectivity index (χ2n) is 4.19. The first-order valence-corrected chi connectivity index (χ1v) is 5.44. The number of rotatable bonds is 5. The molecule has 0 fully saturated rings. The zero-order valence-corrected chi connectivity index (χ0v) is 9.96. The third-order valence-electron chi connectivity index (χ3n) is 2.44. The van der Waals surface area contributed by atoms with Gasteiger partial charge in [-0.3, -0.25) is 0 Å². The first kappa shape index (κ1) is 13.8. The summed E-state index contributed by atoms with van der Waals surface area (Å²) >= 11 is 0. The van der Waals surface area contributed by atoms with E-state index >= 15 is 0 Å². The van der Waals surface area contributed by atoms with Gasteiger partial charge in [0.15, 0.2) is 0 Å². The number of nitrogens with zero attached hydrogens (tertiary/aromatic N) is 1. The number of nitrogens with two attached hydrogens (primary N) is 1. The first-order chi connectivity index (χ1) is 7.91. The van der Waals surface area contributed by atoms with Gasteiger partial charge in [-0.1, -0.05) is 6.07 Å². The molecule has 1 aromatic rings. The Kier molecular flexibility index (Phi) is 4.81. The van der Waals surface area contributed by atoms with Gasteiger partial charge in [0.1, 0.15) is 5.82 Å². The number of anilines is 1. The minimum atomic E-state index is -2.45. The summed E-state index contributed by atoms with van der Waals surface area (Å²) in [6, 6.07) is 4.24. The SMILES string of the molecule is CC(N)Cc1c(F)cccc1N(C)CC(F)F. The van der Waals surface area contributed by atoms with E-state index in [0.717, 1.165) is 0 Å². The third kappa shape index (κ3) is 3.93. The highest BCUT2D eigenvalue weighted by atomic mass is 19.3. The zero-order chi connectivity index (χ0) is 13.0. The van der Waals surface area contributed by atoms with Gasteiger partial charge in [0, 0.05) is 24.3 Å². The van der Waals surface area contributed by atoms with E-state index in [-0.39, 0.29) is 6.04 Å². The maximum absolute atomic E-state index is 13.6. The van der Waals surface area contributed by atoms with Crippen molar-refractivity contribution >= 4 is 5.69 Å². The molecule has 0 saturated carbocycles. The van der Waals surface area contributed by atoms with Crippen LogP contribution in [-0.2, 0) is 6.42 Å². The highest BCUT2D eigenvalue weighted by Gasteiger charge is 2.15. The summed E-state index contributed by atoms with van der Waals surface area (Å²) in [7, 11) is 1.52. The van der Waals surface area contributed by atoms with E-state index in [4.69, 9.17) is 5.73 Å². The molecule has 2 nitrogen and oxygen atoms in total. The molecular formula is C12H17F3N2. The Labute approximate surface area is 99.2 Å². The van der Waals surface area contributed by atoms with Gasteiger partial charge in [-0.2, -0.15) is 0 Å². The molecule has 0 aromatic heterocycles. The molecule has 0 aliphatic heterocycles. The van der Waals surface area contributed by atoms with Crippen molar-refractivity contribution in [2.45, 2.75) is 25.8 Å². The van der Waals surface area contributed by atoms with Crippen LogP contribution in [0.25, 0.3) is 0 Å². The Bertz CT molecular complexity index is 367. The van der Waals surface area contributed by atoms with Crippen LogP contribution in [0.3, 0.4) is 0 Å². The monoisotopic (exact) mass is 246 g/mol. The summed E-state index contributed by atoms with van der Waals surface area (Å²) in [6.45, 7) is 1.33. The smallest absolute Gasteiger partial charge is 0.255 e. The van der Waals surface area contributed by atoms with Gasteiger partial charge >= 0.3 is 0 Å². The Morgan fingerprint density at radius 2 is 2.00 bits per heavy atom. The molecular weight excluding hydrogens is 229 g/mol. The largest absolute Gasteiger partial charge is 0.369 e. The lowest BCUT2D eigenvalue weighted by atomic mass is 10.0. The van der Waals surface area contributed by atoms with Crippen LogP contribution >= 0.6 is 0 Å². The Morgan fingerprint density at radius 3 is 2.53 bits per heavy atom. The molecule has 0 aliphatic rings. The minimum Gasteiger partial charge on any atom is -0.369 e. The molecule has 2 N–H and O–H groups in total. The highest BCUT2D eigenvalue weighted by Crippen LogP contribution is 2.24. The van der Waals surface area contributed by atoms with Crippen LogP contribution in [0.4, 0.5) is 18.9 Å². The fourth-order valence-corrected chi connectivity index (χ4v) is 1.73. The first-order valence-electron chi connectivity index (χ1n) is 5.44. The summed E-state index contributed by atoms with van der Waals surface area (Å²) in [5.74, 6) is -0.402. The zero-order valence-electron chi connectivity index (χ0n) is 9.96. The van der Waals surface area contributed by atoms with Crippen LogP contribution < -0.4 is 10.6 Å². The second-order valence-corrected chi connectivity index (χ2v) is 4.19. The van der Waals surface area contributed by atoms with Crippen LogP contribution in [-0.4, -0.2) is 26.1 Å². The average molecular weight is 246 g/mol. The van der Waals surface area contributed by atoms with Gasteiger partial charge in [-0.15, -0.1) is 0 Å². The van der Waals surface area contributed by atoms with Crippen molar-refractivity contribution in [3.05, 3.63) is 29.6 Å². The van der Waals surface area contributed by atoms with E-state index < -0.39 is 18.8 Å². The van der Waals surface area contributed by atoms with Gasteiger partial charge in [0.25, 0.3) is 6.43 Å². The van der Waals surface area contributed by atoms with Crippen molar-refractivity contribution in [1.82, 2.24) is 0 Å². The molecule has 5 heteroatoms. The van der Waals surface area contributed by atoms with Gasteiger partial charge in [-0.05, 0) is 25.5 Å². The normalized spacial score (nSPS) is 12.9. The Hall–Kier alpha value is -1.23. The standard InChI is InChI=1S/C12H17F3N2/c1-8(16)6-9-10(13)4-3-5-11(9)17(2)7-12(14)15/h3-5,8,12H,6-7,16H2,1-2H3. The molecule has 0 amide bonds. The molecule has 0 saturated heterocycles. The van der Waals surface area contributed by atoms with Crippen molar-refractivity contribution in [2.75, 3.05) is 18.5 Å². The molecule has 0 radical (unpaired) electrons. The van der Waals surface area contributed by atoms with Crippen LogP contribution in [0.1, 0.15) is 12.5 Å². The highest BCUT2D eigenvalue weighted by molar-refractivity contribution is 5.54. The van der Waals surface area contributed by atoms with E-state index in [1.165, 1.54) is 24.1 Å². The third-order valence-corrected chi connectivity index (χ3v) is 2.44. The minimum absolute atomic E-state index is 0.217. The van der Waals surface area contributed by atoms with E-state index in [9.17, 15) is 13.2 Å². The number of hydrogen-bond donors (Lipinski definition) is 1. The quantitative estimate of drug-likeness (QED) is 0.864. The summed E-state index contributed by atoms with van der Waals surface area (Å²) in [6.07, 6.45) is -2.12. The predicted octanol–water partition coefficient (Wildman–Crippen LogP) is 2.42. The maximum Gasteiger partial charge on any atom is 0.255 e. The lowest BCUT2D eigenvalue weighted by Gasteiger charge is -2.23. The van der Waals surface area contributed by atoms with Crippen molar-refractivity contribution in [3.63, 3.8) is 0 Å². The summed E-state index contributed by atoms with van der Waals surface area (Å²) in [5, 5.41) is 0. The van der Waals surface area contributed by atoms with Crippen LogP contribution in [0.5, 0.6) is 0 Å². The number of hydrogen-bond acceptors (Lipinski definition) is 2. The molecule has 0 heterocycles. The molecule has 1 aromatic carbocycles. The van der Waals surface area contributed by atoms with E-state index in [0.29, 0.717) is 17.7 Å². The molecule has 96 valence electrons. The summed E-state index contributed by atoms with van der Waals surface area (Å²) < 4.78 is 38.2. The van der Waals surface area contributed by atoms with Crippen LogP contribution in [0.2, 0.25) is 0 Å². The Morgan fingerprint density at radius 1 is 1.35 bits per heavy atom. The number of halogens is 3. The van der Waals surface area contributed by atoms with E-state index in [1.807, 2.05) is 0 Å². The summed E-state index contributed by atoms with van der Waals surface area (Å²) in [5.41, 5.74) is 6.50. The molecule has 0 spiro atoms. The molecule has 1 rings (SSSR count). The van der Waals surface area contributed by atoms with Crippen LogP contribution in [0, 0.1) is 5.82 Å².